The molecule has 3 aromatic rings. The maximum Gasteiger partial charge on any atom is 0.322 e. The molecule has 3 rings (SSSR count). The average molecular weight is 454 g/mol. The van der Waals surface area contributed by atoms with Crippen molar-refractivity contribution in [2.45, 2.75) is 25.4 Å². The number of aliphatic carboxylic acids is 2. The highest BCUT2D eigenvalue weighted by Gasteiger charge is 2.19. The number of nitrogens with one attached hydrogen (secondary N) is 4. The first kappa shape index (κ1) is 23.2. The number of anilines is 2. The van der Waals surface area contributed by atoms with Crippen molar-refractivity contribution in [2.75, 3.05) is 11.1 Å². The molecule has 0 radical (unpaired) electrons. The molecule has 8 N–H and O–H groups in total. The lowest BCUT2D eigenvalue weighted by Gasteiger charge is -2.14. The van der Waals surface area contributed by atoms with Crippen molar-refractivity contribution >= 4 is 40.4 Å². The number of carbonyl (C=O) groups is 3. The molecule has 0 saturated carbocycles. The number of nitrogens with two attached hydrogens (primary N) is 1. The zero-order valence-electron chi connectivity index (χ0n) is 17.3. The van der Waals surface area contributed by atoms with E-state index in [4.69, 9.17) is 15.9 Å². The molecule has 12 nitrogen and oxygen atoms in total. The first-order valence-electron chi connectivity index (χ1n) is 9.86. The Balaban J connectivity index is 1.57. The van der Waals surface area contributed by atoms with Crippen LogP contribution in [-0.2, 0) is 16.1 Å². The van der Waals surface area contributed by atoms with Crippen molar-refractivity contribution in [3.05, 3.63) is 63.9 Å². The summed E-state index contributed by atoms with van der Waals surface area (Å²) in [5, 5.41) is 21.4. The van der Waals surface area contributed by atoms with Crippen molar-refractivity contribution in [1.29, 1.82) is 0 Å². The quantitative estimate of drug-likeness (QED) is 0.214. The van der Waals surface area contributed by atoms with Gasteiger partial charge in [0.05, 0.1) is 10.9 Å². The summed E-state index contributed by atoms with van der Waals surface area (Å²) < 4.78 is 0. The van der Waals surface area contributed by atoms with E-state index in [1.54, 1.807) is 42.5 Å². The fraction of sp³-hybridized carbons (Fsp3) is 0.190. The fourth-order valence-electron chi connectivity index (χ4n) is 2.99. The smallest absolute Gasteiger partial charge is 0.322 e. The Hall–Kier alpha value is -4.45. The third kappa shape index (κ3) is 6.27. The van der Waals surface area contributed by atoms with Crippen LogP contribution in [0.3, 0.4) is 0 Å². The number of amides is 1. The molecule has 33 heavy (non-hydrogen) atoms. The number of hydrogen-bond donors (Lipinski definition) is 7. The van der Waals surface area contributed by atoms with Crippen molar-refractivity contribution < 1.29 is 24.6 Å². The third-order valence-corrected chi connectivity index (χ3v) is 4.74. The largest absolute Gasteiger partial charge is 0.481 e. The van der Waals surface area contributed by atoms with Gasteiger partial charge in [-0.1, -0.05) is 12.1 Å². The van der Waals surface area contributed by atoms with Crippen LogP contribution in [0.4, 0.5) is 11.6 Å². The van der Waals surface area contributed by atoms with Gasteiger partial charge in [0.1, 0.15) is 6.04 Å². The van der Waals surface area contributed by atoms with Gasteiger partial charge in [-0.15, -0.1) is 0 Å². The fourth-order valence-corrected chi connectivity index (χ4v) is 2.99. The lowest BCUT2D eigenvalue weighted by atomic mass is 10.1. The van der Waals surface area contributed by atoms with E-state index in [0.717, 1.165) is 5.56 Å². The van der Waals surface area contributed by atoms with Crippen molar-refractivity contribution in [1.82, 2.24) is 20.8 Å². The van der Waals surface area contributed by atoms with Gasteiger partial charge in [-0.25, -0.2) is 10.4 Å². The van der Waals surface area contributed by atoms with E-state index in [0.29, 0.717) is 23.1 Å². The minimum Gasteiger partial charge on any atom is -0.481 e. The highest BCUT2D eigenvalue weighted by molar-refractivity contribution is 5.94. The Morgan fingerprint density at radius 3 is 2.48 bits per heavy atom. The highest BCUT2D eigenvalue weighted by Crippen LogP contribution is 2.16. The molecule has 0 aliphatic rings. The summed E-state index contributed by atoms with van der Waals surface area (Å²) in [6.45, 7) is 0.419. The molecule has 1 heterocycles. The number of carboxylic acid groups (broad SMARTS) is 2. The van der Waals surface area contributed by atoms with Gasteiger partial charge in [-0.2, -0.15) is 0 Å². The van der Waals surface area contributed by atoms with Gasteiger partial charge in [0.25, 0.3) is 11.5 Å². The topological polar surface area (TPSA) is 200 Å². The Kier molecular flexibility index (Phi) is 7.20. The second kappa shape index (κ2) is 10.2. The molecule has 1 aromatic heterocycles. The molecule has 1 atom stereocenters. The van der Waals surface area contributed by atoms with Crippen LogP contribution >= 0.6 is 0 Å². The molecule has 172 valence electrons. The van der Waals surface area contributed by atoms with Gasteiger partial charge in [0.15, 0.2) is 0 Å². The lowest BCUT2D eigenvalue weighted by Crippen LogP contribution is -2.48. The highest BCUT2D eigenvalue weighted by atomic mass is 16.4. The van der Waals surface area contributed by atoms with Crippen LogP contribution in [0.2, 0.25) is 0 Å². The number of fused-ring (bicyclic) bond motifs is 1. The van der Waals surface area contributed by atoms with Crippen LogP contribution in [0.25, 0.3) is 10.9 Å². The molecule has 12 heteroatoms. The van der Waals surface area contributed by atoms with Gasteiger partial charge in [0, 0.05) is 24.2 Å². The second-order valence-corrected chi connectivity index (χ2v) is 7.16. The number of hydrazine groups is 1. The Bertz CT molecular complexity index is 1240. The Morgan fingerprint density at radius 2 is 1.82 bits per heavy atom. The van der Waals surface area contributed by atoms with E-state index in [2.05, 4.69) is 26.1 Å². The van der Waals surface area contributed by atoms with E-state index >= 15 is 0 Å². The summed E-state index contributed by atoms with van der Waals surface area (Å²) in [4.78, 5) is 52.5. The summed E-state index contributed by atoms with van der Waals surface area (Å²) in [6, 6.07) is 10.5. The minimum absolute atomic E-state index is 0.0475. The van der Waals surface area contributed by atoms with Crippen LogP contribution in [0, 0.1) is 0 Å². The number of H-pyrrole nitrogens is 1. The van der Waals surface area contributed by atoms with Crippen molar-refractivity contribution in [2.24, 2.45) is 0 Å². The summed E-state index contributed by atoms with van der Waals surface area (Å²) >= 11 is 0. The summed E-state index contributed by atoms with van der Waals surface area (Å²) in [5.41, 5.74) is 12.2. The molecule has 0 bridgehead atoms. The van der Waals surface area contributed by atoms with E-state index in [-0.39, 0.29) is 29.9 Å². The molecule has 1 amide bonds. The lowest BCUT2D eigenvalue weighted by molar-refractivity contribution is -0.140. The summed E-state index contributed by atoms with van der Waals surface area (Å²) in [5.74, 6) is -2.91. The Labute approximate surface area is 186 Å². The van der Waals surface area contributed by atoms with E-state index in [1.807, 2.05) is 0 Å². The monoisotopic (exact) mass is 454 g/mol. The van der Waals surface area contributed by atoms with Crippen molar-refractivity contribution in [3.8, 4) is 0 Å². The molecule has 2 aromatic carbocycles. The molecular formula is C21H22N6O6. The number of aromatic amines is 1. The van der Waals surface area contributed by atoms with Crippen LogP contribution in [0.15, 0.2) is 47.3 Å². The zero-order valence-corrected chi connectivity index (χ0v) is 17.3. The summed E-state index contributed by atoms with van der Waals surface area (Å²) in [7, 11) is 0. The number of carboxylic acids is 2. The zero-order chi connectivity index (χ0) is 24.0. The third-order valence-electron chi connectivity index (χ3n) is 4.74. The van der Waals surface area contributed by atoms with Gasteiger partial charge in [-0.3, -0.25) is 29.6 Å². The van der Waals surface area contributed by atoms with Crippen molar-refractivity contribution in [3.63, 3.8) is 0 Å². The Morgan fingerprint density at radius 1 is 1.09 bits per heavy atom. The molecule has 0 aliphatic carbocycles. The molecule has 0 fully saturated rings. The average Bonchev–Trinajstić information content (AvgIpc) is 2.77. The molecule has 0 unspecified atom stereocenters. The second-order valence-electron chi connectivity index (χ2n) is 7.16. The van der Waals surface area contributed by atoms with E-state index in [1.165, 1.54) is 0 Å². The van der Waals surface area contributed by atoms with Crippen LogP contribution in [0.5, 0.6) is 0 Å². The predicted octanol–water partition coefficient (Wildman–Crippen LogP) is 0.670. The normalized spacial score (nSPS) is 11.6. The maximum absolute atomic E-state index is 12.2. The SMILES string of the molecule is Nc1nc2ccc(NCc3ccc(C(=O)NN[C@@H](CCC(=O)O)C(=O)O)cc3)cc2c(=O)[nH]1. The number of benzene rings is 2. The number of hydrogen-bond acceptors (Lipinski definition) is 8. The number of nitrogens with zero attached hydrogens (tertiary/aromatic N) is 1. The van der Waals surface area contributed by atoms with Crippen LogP contribution < -0.4 is 27.5 Å². The van der Waals surface area contributed by atoms with E-state index < -0.39 is 23.9 Å². The standard InChI is InChI=1S/C21H22N6O6/c22-21-24-15-6-5-13(9-14(15)19(31)25-21)23-10-11-1-3-12(4-2-11)18(30)27-26-16(20(32)33)7-8-17(28)29/h1-6,9,16,23,26H,7-8,10H2,(H,27,30)(H,28,29)(H,32,33)(H3,22,24,25,31)/t16-/m0/s1. The molecule has 0 saturated heterocycles. The van der Waals surface area contributed by atoms with Gasteiger partial charge >= 0.3 is 11.9 Å². The minimum atomic E-state index is -1.27. The molecule has 0 aliphatic heterocycles. The number of nitrogen functional groups attached to an aromatic ring is 1. The van der Waals surface area contributed by atoms with Crippen LogP contribution in [-0.4, -0.2) is 44.1 Å². The van der Waals surface area contributed by atoms with Gasteiger partial charge in [-0.05, 0) is 42.3 Å². The van der Waals surface area contributed by atoms with Gasteiger partial charge < -0.3 is 21.3 Å². The number of aromatic nitrogens is 2. The van der Waals surface area contributed by atoms with E-state index in [9.17, 15) is 19.2 Å². The molecule has 0 spiro atoms. The maximum atomic E-state index is 12.2. The summed E-state index contributed by atoms with van der Waals surface area (Å²) in [6.07, 6.45) is -0.530. The first-order valence-corrected chi connectivity index (χ1v) is 9.86. The predicted molar refractivity (Wildman–Crippen MR) is 119 cm³/mol. The number of carbonyl (C=O) groups excluding carboxylic acids is 1. The first-order chi connectivity index (χ1) is 15.7. The number of rotatable bonds is 10. The van der Waals surface area contributed by atoms with Gasteiger partial charge in [0.2, 0.25) is 5.95 Å². The van der Waals surface area contributed by atoms with Crippen LogP contribution in [0.1, 0.15) is 28.8 Å². The molecular weight excluding hydrogens is 432 g/mol.